The highest BCUT2D eigenvalue weighted by molar-refractivity contribution is 6.06. The van der Waals surface area contributed by atoms with Crippen molar-refractivity contribution in [2.45, 2.75) is 13.8 Å². The molecule has 2 aromatic carbocycles. The lowest BCUT2D eigenvalue weighted by Gasteiger charge is -2.21. The molecule has 0 fully saturated rings. The molecule has 1 heterocycles. The fraction of sp³-hybridized carbons (Fsp3) is 0.174. The van der Waals surface area contributed by atoms with Gasteiger partial charge in [-0.25, -0.2) is 9.78 Å². The van der Waals surface area contributed by atoms with Gasteiger partial charge >= 0.3 is 5.97 Å². The molecule has 1 aromatic heterocycles. The summed E-state index contributed by atoms with van der Waals surface area (Å²) in [6.07, 6.45) is 2.95. The minimum atomic E-state index is -0.433. The number of para-hydroxylation sites is 1. The van der Waals surface area contributed by atoms with E-state index in [0.29, 0.717) is 18.0 Å². The molecule has 3 aromatic rings. The largest absolute Gasteiger partial charge is 0.463 e. The molecule has 0 aliphatic carbocycles. The van der Waals surface area contributed by atoms with Gasteiger partial charge < -0.3 is 4.74 Å². The second-order valence-electron chi connectivity index (χ2n) is 6.25. The SMILES string of the molecule is CCOC(=O)/C=C/CN(C(=O)c1ccccc1)c1ccc2cccc(C)c2n1. The Labute approximate surface area is 164 Å². The third-order valence-electron chi connectivity index (χ3n) is 4.28. The number of benzene rings is 2. The van der Waals surface area contributed by atoms with Gasteiger partial charge in [-0.3, -0.25) is 9.69 Å². The number of anilines is 1. The molecule has 0 unspecified atom stereocenters. The van der Waals surface area contributed by atoms with E-state index in [1.54, 1.807) is 30.0 Å². The molecule has 28 heavy (non-hydrogen) atoms. The van der Waals surface area contributed by atoms with Crippen molar-refractivity contribution in [2.24, 2.45) is 0 Å². The van der Waals surface area contributed by atoms with Crippen LogP contribution in [-0.4, -0.2) is 30.0 Å². The van der Waals surface area contributed by atoms with Crippen molar-refractivity contribution >= 4 is 28.6 Å². The van der Waals surface area contributed by atoms with Crippen LogP contribution < -0.4 is 4.90 Å². The standard InChI is InChI=1S/C23H22N2O3/c1-3-28-21(26)13-8-16-25(23(27)19-10-5-4-6-11-19)20-15-14-18-12-7-9-17(2)22(18)24-20/h4-15H,3,16H2,1-2H3/b13-8+. The molecule has 5 heteroatoms. The first-order valence-corrected chi connectivity index (χ1v) is 9.16. The zero-order chi connectivity index (χ0) is 19.9. The van der Waals surface area contributed by atoms with Crippen LogP contribution in [0.5, 0.6) is 0 Å². The van der Waals surface area contributed by atoms with Crippen LogP contribution in [0.1, 0.15) is 22.8 Å². The van der Waals surface area contributed by atoms with E-state index in [-0.39, 0.29) is 12.5 Å². The van der Waals surface area contributed by atoms with Gasteiger partial charge in [0.25, 0.3) is 5.91 Å². The molecule has 0 bridgehead atoms. The van der Waals surface area contributed by atoms with E-state index in [1.807, 2.05) is 55.5 Å². The normalized spacial score (nSPS) is 10.9. The zero-order valence-electron chi connectivity index (χ0n) is 16.0. The molecule has 0 aliphatic heterocycles. The van der Waals surface area contributed by atoms with Crippen molar-refractivity contribution in [3.8, 4) is 0 Å². The monoisotopic (exact) mass is 374 g/mol. The summed E-state index contributed by atoms with van der Waals surface area (Å²) in [6, 6.07) is 18.7. The lowest BCUT2D eigenvalue weighted by atomic mass is 10.1. The first kappa shape index (κ1) is 19.3. The molecule has 0 saturated carbocycles. The van der Waals surface area contributed by atoms with Crippen molar-refractivity contribution in [1.29, 1.82) is 0 Å². The Hall–Kier alpha value is -3.47. The second-order valence-corrected chi connectivity index (χ2v) is 6.25. The first-order valence-electron chi connectivity index (χ1n) is 9.16. The molecule has 1 amide bonds. The summed E-state index contributed by atoms with van der Waals surface area (Å²) in [5, 5.41) is 1.01. The lowest BCUT2D eigenvalue weighted by Crippen LogP contribution is -2.32. The van der Waals surface area contributed by atoms with Gasteiger partial charge in [0.05, 0.1) is 12.1 Å². The van der Waals surface area contributed by atoms with E-state index in [4.69, 9.17) is 9.72 Å². The van der Waals surface area contributed by atoms with Crippen molar-refractivity contribution in [1.82, 2.24) is 4.98 Å². The van der Waals surface area contributed by atoms with Gasteiger partial charge in [0.1, 0.15) is 5.82 Å². The molecule has 0 saturated heterocycles. The van der Waals surface area contributed by atoms with Gasteiger partial charge in [-0.15, -0.1) is 0 Å². The number of aromatic nitrogens is 1. The summed E-state index contributed by atoms with van der Waals surface area (Å²) in [5.74, 6) is -0.0874. The van der Waals surface area contributed by atoms with E-state index >= 15 is 0 Å². The maximum absolute atomic E-state index is 13.1. The topological polar surface area (TPSA) is 59.5 Å². The Morgan fingerprint density at radius 2 is 1.82 bits per heavy atom. The Bertz CT molecular complexity index is 1010. The number of carbonyl (C=O) groups is 2. The van der Waals surface area contributed by atoms with Gasteiger partial charge in [-0.2, -0.15) is 0 Å². The summed E-state index contributed by atoms with van der Waals surface area (Å²) < 4.78 is 4.90. The number of rotatable bonds is 6. The maximum atomic E-state index is 13.1. The summed E-state index contributed by atoms with van der Waals surface area (Å²) in [7, 11) is 0. The molecular formula is C23H22N2O3. The molecule has 0 spiro atoms. The highest BCUT2D eigenvalue weighted by Gasteiger charge is 2.18. The number of nitrogens with zero attached hydrogens (tertiary/aromatic N) is 2. The molecule has 0 aliphatic rings. The van der Waals surface area contributed by atoms with E-state index in [0.717, 1.165) is 16.5 Å². The summed E-state index contributed by atoms with van der Waals surface area (Å²) >= 11 is 0. The highest BCUT2D eigenvalue weighted by Crippen LogP contribution is 2.22. The van der Waals surface area contributed by atoms with Crippen LogP contribution in [0.3, 0.4) is 0 Å². The minimum Gasteiger partial charge on any atom is -0.463 e. The first-order chi connectivity index (χ1) is 13.6. The third kappa shape index (κ3) is 4.43. The van der Waals surface area contributed by atoms with Crippen LogP contribution in [0.15, 0.2) is 72.8 Å². The predicted octanol–water partition coefficient (Wildman–Crippen LogP) is 4.31. The van der Waals surface area contributed by atoms with Gasteiger partial charge in [-0.05, 0) is 43.7 Å². The van der Waals surface area contributed by atoms with Gasteiger partial charge in [0, 0.05) is 23.6 Å². The number of aryl methyl sites for hydroxylation is 1. The average molecular weight is 374 g/mol. The van der Waals surface area contributed by atoms with Gasteiger partial charge in [0.15, 0.2) is 0 Å². The summed E-state index contributed by atoms with van der Waals surface area (Å²) in [6.45, 7) is 4.25. The van der Waals surface area contributed by atoms with E-state index in [9.17, 15) is 9.59 Å². The van der Waals surface area contributed by atoms with E-state index in [2.05, 4.69) is 0 Å². The van der Waals surface area contributed by atoms with Crippen molar-refractivity contribution in [3.05, 3.63) is 83.9 Å². The smallest absolute Gasteiger partial charge is 0.330 e. The van der Waals surface area contributed by atoms with Gasteiger partial charge in [-0.1, -0.05) is 42.5 Å². The fourth-order valence-corrected chi connectivity index (χ4v) is 2.90. The van der Waals surface area contributed by atoms with Crippen molar-refractivity contribution in [2.75, 3.05) is 18.1 Å². The molecule has 0 radical (unpaired) electrons. The number of esters is 1. The maximum Gasteiger partial charge on any atom is 0.330 e. The lowest BCUT2D eigenvalue weighted by molar-refractivity contribution is -0.137. The molecule has 142 valence electrons. The van der Waals surface area contributed by atoms with E-state index in [1.165, 1.54) is 6.08 Å². The quantitative estimate of drug-likeness (QED) is 0.476. The number of carbonyl (C=O) groups excluding carboxylic acids is 2. The second kappa shape index (κ2) is 8.95. The Morgan fingerprint density at radius 1 is 1.04 bits per heavy atom. The zero-order valence-corrected chi connectivity index (χ0v) is 16.0. The predicted molar refractivity (Wildman–Crippen MR) is 110 cm³/mol. The number of hydrogen-bond donors (Lipinski definition) is 0. The van der Waals surface area contributed by atoms with E-state index < -0.39 is 5.97 Å². The fourth-order valence-electron chi connectivity index (χ4n) is 2.90. The van der Waals surface area contributed by atoms with Crippen LogP contribution >= 0.6 is 0 Å². The summed E-state index contributed by atoms with van der Waals surface area (Å²) in [4.78, 5) is 31.0. The third-order valence-corrected chi connectivity index (χ3v) is 4.28. The number of fused-ring (bicyclic) bond motifs is 1. The minimum absolute atomic E-state index is 0.186. The Kier molecular flexibility index (Phi) is 6.17. The highest BCUT2D eigenvalue weighted by atomic mass is 16.5. The Balaban J connectivity index is 1.97. The van der Waals surface area contributed by atoms with Gasteiger partial charge in [0.2, 0.25) is 0 Å². The number of pyridine rings is 1. The number of hydrogen-bond acceptors (Lipinski definition) is 4. The summed E-state index contributed by atoms with van der Waals surface area (Å²) in [5.41, 5.74) is 2.44. The molecule has 0 N–H and O–H groups in total. The van der Waals surface area contributed by atoms with Crippen LogP contribution in [0.4, 0.5) is 5.82 Å². The van der Waals surface area contributed by atoms with Crippen LogP contribution in [0, 0.1) is 6.92 Å². The van der Waals surface area contributed by atoms with Crippen LogP contribution in [-0.2, 0) is 9.53 Å². The molecule has 5 nitrogen and oxygen atoms in total. The number of ether oxygens (including phenoxy) is 1. The Morgan fingerprint density at radius 3 is 2.57 bits per heavy atom. The number of amides is 1. The van der Waals surface area contributed by atoms with Crippen LogP contribution in [0.2, 0.25) is 0 Å². The average Bonchev–Trinajstić information content (AvgIpc) is 2.72. The molecular weight excluding hydrogens is 352 g/mol. The van der Waals surface area contributed by atoms with Crippen LogP contribution in [0.25, 0.3) is 10.9 Å². The van der Waals surface area contributed by atoms with Crippen molar-refractivity contribution < 1.29 is 14.3 Å². The molecule has 0 atom stereocenters. The molecule has 3 rings (SSSR count). The van der Waals surface area contributed by atoms with Crippen molar-refractivity contribution in [3.63, 3.8) is 0 Å².